The number of thiophene rings is 1. The number of benzene rings is 10. The van der Waals surface area contributed by atoms with Crippen LogP contribution in [-0.4, -0.2) is 0 Å². The Morgan fingerprint density at radius 2 is 0.937 bits per heavy atom. The van der Waals surface area contributed by atoms with Crippen LogP contribution < -0.4 is 4.90 Å². The van der Waals surface area contributed by atoms with Gasteiger partial charge in [-0.25, -0.2) is 0 Å². The van der Waals surface area contributed by atoms with Gasteiger partial charge >= 0.3 is 0 Å². The van der Waals surface area contributed by atoms with Crippen molar-refractivity contribution in [1.29, 1.82) is 0 Å². The Bertz CT molecular complexity index is 3650. The molecule has 2 heteroatoms. The summed E-state index contributed by atoms with van der Waals surface area (Å²) in [6, 6.07) is 77.8. The molecule has 0 amide bonds. The summed E-state index contributed by atoms with van der Waals surface area (Å²) in [6.45, 7) is 6.98. The van der Waals surface area contributed by atoms with Crippen LogP contribution in [0.25, 0.3) is 75.1 Å². The van der Waals surface area contributed by atoms with Crippen molar-refractivity contribution >= 4 is 70.1 Å². The summed E-state index contributed by atoms with van der Waals surface area (Å²) < 4.78 is 2.62. The molecule has 1 heterocycles. The van der Waals surface area contributed by atoms with Gasteiger partial charge in [-0.05, 0) is 102 Å². The van der Waals surface area contributed by atoms with Crippen molar-refractivity contribution < 1.29 is 0 Å². The summed E-state index contributed by atoms with van der Waals surface area (Å²) in [7, 11) is 0. The normalized spacial score (nSPS) is 13.4. The highest BCUT2D eigenvalue weighted by atomic mass is 32.1. The molecule has 0 fully saturated rings. The molecule has 0 N–H and O–H groups in total. The molecule has 1 spiro atoms. The summed E-state index contributed by atoms with van der Waals surface area (Å²) in [5, 5.41) is 7.60. The zero-order valence-electron chi connectivity index (χ0n) is 35.5. The Balaban J connectivity index is 1.14. The van der Waals surface area contributed by atoms with E-state index in [0.29, 0.717) is 0 Å². The Morgan fingerprint density at radius 3 is 1.65 bits per heavy atom. The molecular weight excluding hydrogens is 779 g/mol. The van der Waals surface area contributed by atoms with Crippen LogP contribution >= 0.6 is 11.3 Å². The SMILES string of the molecule is CC(C)(C)c1ccc(N(c2ccc3c(c2)-c2ccccc2C32c3ccccc3-c3ccccc32)c2ccc3ccccc3c2-c2cccc3c2sc2ccccc23)c2ccccc12. The molecule has 0 bridgehead atoms. The zero-order chi connectivity index (χ0) is 42.0. The predicted octanol–water partition coefficient (Wildman–Crippen LogP) is 17.1. The van der Waals surface area contributed by atoms with Gasteiger partial charge in [0, 0.05) is 42.4 Å². The average molecular weight is 822 g/mol. The molecule has 0 radical (unpaired) electrons. The first-order valence-electron chi connectivity index (χ1n) is 22.1. The molecule has 0 aliphatic heterocycles. The lowest BCUT2D eigenvalue weighted by Gasteiger charge is -2.33. The third kappa shape index (κ3) is 5.04. The second-order valence-corrected chi connectivity index (χ2v) is 19.4. The predicted molar refractivity (Wildman–Crippen MR) is 269 cm³/mol. The van der Waals surface area contributed by atoms with E-state index < -0.39 is 5.41 Å². The van der Waals surface area contributed by atoms with Crippen LogP contribution in [0.3, 0.4) is 0 Å². The van der Waals surface area contributed by atoms with Gasteiger partial charge in [-0.15, -0.1) is 11.3 Å². The molecule has 13 rings (SSSR count). The summed E-state index contributed by atoms with van der Waals surface area (Å²) in [4.78, 5) is 2.58. The molecule has 0 atom stereocenters. The van der Waals surface area contributed by atoms with Crippen LogP contribution in [0.15, 0.2) is 206 Å². The highest BCUT2D eigenvalue weighted by Crippen LogP contribution is 2.63. The average Bonchev–Trinajstić information content (AvgIpc) is 3.95. The number of hydrogen-bond donors (Lipinski definition) is 0. The van der Waals surface area contributed by atoms with Gasteiger partial charge in [0.15, 0.2) is 0 Å². The Labute approximate surface area is 372 Å². The lowest BCUT2D eigenvalue weighted by Crippen LogP contribution is -2.25. The molecule has 298 valence electrons. The van der Waals surface area contributed by atoms with Gasteiger partial charge in [-0.2, -0.15) is 0 Å². The Kier molecular flexibility index (Phi) is 7.72. The molecule has 1 nitrogen and oxygen atoms in total. The molecule has 2 aliphatic rings. The van der Waals surface area contributed by atoms with E-state index in [2.05, 4.69) is 232 Å². The van der Waals surface area contributed by atoms with Gasteiger partial charge < -0.3 is 4.90 Å². The van der Waals surface area contributed by atoms with Crippen molar-refractivity contribution in [1.82, 2.24) is 0 Å². The van der Waals surface area contributed by atoms with Crippen molar-refractivity contribution in [2.45, 2.75) is 31.6 Å². The largest absolute Gasteiger partial charge is 0.309 e. The lowest BCUT2D eigenvalue weighted by molar-refractivity contribution is 0.596. The lowest BCUT2D eigenvalue weighted by atomic mass is 9.70. The highest BCUT2D eigenvalue weighted by molar-refractivity contribution is 7.26. The van der Waals surface area contributed by atoms with Gasteiger partial charge in [-0.1, -0.05) is 197 Å². The fraction of sp³-hybridized carbons (Fsp3) is 0.0820. The highest BCUT2D eigenvalue weighted by Gasteiger charge is 2.51. The quantitative estimate of drug-likeness (QED) is 0.171. The first kappa shape index (κ1) is 36.4. The van der Waals surface area contributed by atoms with Crippen molar-refractivity contribution in [3.8, 4) is 33.4 Å². The number of hydrogen-bond acceptors (Lipinski definition) is 2. The zero-order valence-corrected chi connectivity index (χ0v) is 36.3. The number of fused-ring (bicyclic) bond motifs is 15. The monoisotopic (exact) mass is 821 g/mol. The van der Waals surface area contributed by atoms with Gasteiger partial charge in [0.05, 0.1) is 16.8 Å². The Hall–Kier alpha value is -7.26. The second-order valence-electron chi connectivity index (χ2n) is 18.3. The molecule has 63 heavy (non-hydrogen) atoms. The van der Waals surface area contributed by atoms with Gasteiger partial charge in [0.1, 0.15) is 0 Å². The summed E-state index contributed by atoms with van der Waals surface area (Å²) >= 11 is 1.90. The van der Waals surface area contributed by atoms with E-state index in [1.165, 1.54) is 103 Å². The minimum Gasteiger partial charge on any atom is -0.309 e. The van der Waals surface area contributed by atoms with E-state index in [4.69, 9.17) is 0 Å². The van der Waals surface area contributed by atoms with Crippen LogP contribution in [0, 0.1) is 0 Å². The minimum absolute atomic E-state index is 0.0344. The van der Waals surface area contributed by atoms with Crippen LogP contribution in [0.1, 0.15) is 48.6 Å². The van der Waals surface area contributed by atoms with Gasteiger partial charge in [-0.3, -0.25) is 0 Å². The molecule has 2 aliphatic carbocycles. The number of nitrogens with zero attached hydrogens (tertiary/aromatic N) is 1. The number of rotatable bonds is 4. The Morgan fingerprint density at radius 1 is 0.397 bits per heavy atom. The first-order chi connectivity index (χ1) is 30.9. The van der Waals surface area contributed by atoms with E-state index >= 15 is 0 Å². The minimum atomic E-state index is -0.408. The smallest absolute Gasteiger partial charge is 0.0725 e. The molecular formula is C61H43NS. The van der Waals surface area contributed by atoms with Crippen LogP contribution in [-0.2, 0) is 10.8 Å². The van der Waals surface area contributed by atoms with Gasteiger partial charge in [0.25, 0.3) is 0 Å². The van der Waals surface area contributed by atoms with Crippen LogP contribution in [0.5, 0.6) is 0 Å². The third-order valence-electron chi connectivity index (χ3n) is 14.0. The molecule has 1 aromatic heterocycles. The summed E-state index contributed by atoms with van der Waals surface area (Å²) in [5.74, 6) is 0. The maximum Gasteiger partial charge on any atom is 0.0725 e. The molecule has 0 saturated heterocycles. The summed E-state index contributed by atoms with van der Waals surface area (Å²) in [5.41, 5.74) is 17.5. The van der Waals surface area contributed by atoms with E-state index in [1.54, 1.807) is 0 Å². The van der Waals surface area contributed by atoms with E-state index in [0.717, 1.165) is 17.1 Å². The molecule has 10 aromatic carbocycles. The fourth-order valence-corrected chi connectivity index (χ4v) is 12.7. The van der Waals surface area contributed by atoms with Gasteiger partial charge in [0.2, 0.25) is 0 Å². The van der Waals surface area contributed by atoms with E-state index in [-0.39, 0.29) is 5.41 Å². The first-order valence-corrected chi connectivity index (χ1v) is 22.9. The second kappa shape index (κ2) is 13.4. The molecule has 0 saturated carbocycles. The fourth-order valence-electron chi connectivity index (χ4n) is 11.4. The molecule has 0 unspecified atom stereocenters. The van der Waals surface area contributed by atoms with E-state index in [9.17, 15) is 0 Å². The topological polar surface area (TPSA) is 3.24 Å². The maximum atomic E-state index is 2.58. The molecule has 11 aromatic rings. The third-order valence-corrected chi connectivity index (χ3v) is 15.2. The van der Waals surface area contributed by atoms with Crippen molar-refractivity contribution in [2.24, 2.45) is 0 Å². The van der Waals surface area contributed by atoms with Crippen molar-refractivity contribution in [3.63, 3.8) is 0 Å². The number of anilines is 3. The maximum absolute atomic E-state index is 2.58. The van der Waals surface area contributed by atoms with E-state index in [1.807, 2.05) is 11.3 Å². The standard InChI is InChI=1S/C61H43NS/c1-60(2,3)50-34-36-55(45-23-7-6-21-43(45)50)62(56-35-31-38-17-4-5-18-40(38)58(56)48-26-16-25-47-46-24-11-15-30-57(46)63-59(47)48)39-32-33-54-49(37-39)44-22-10-14-29-53(44)61(54)51-27-12-8-19-41(51)42-20-9-13-28-52(42)61/h4-37H,1-3H3. The summed E-state index contributed by atoms with van der Waals surface area (Å²) in [6.07, 6.45) is 0. The van der Waals surface area contributed by atoms with Crippen LogP contribution in [0.2, 0.25) is 0 Å². The van der Waals surface area contributed by atoms with Crippen molar-refractivity contribution in [2.75, 3.05) is 4.90 Å². The van der Waals surface area contributed by atoms with Crippen molar-refractivity contribution in [3.05, 3.63) is 234 Å². The van der Waals surface area contributed by atoms with Crippen LogP contribution in [0.4, 0.5) is 17.1 Å².